The van der Waals surface area contributed by atoms with E-state index in [0.717, 1.165) is 0 Å². The molecule has 0 aliphatic rings. The van der Waals surface area contributed by atoms with Crippen molar-refractivity contribution in [2.24, 2.45) is 5.73 Å². The van der Waals surface area contributed by atoms with Crippen molar-refractivity contribution >= 4 is 10.0 Å². The summed E-state index contributed by atoms with van der Waals surface area (Å²) in [5.74, 6) is 0. The fourth-order valence-corrected chi connectivity index (χ4v) is 3.34. The van der Waals surface area contributed by atoms with Crippen LogP contribution in [0.5, 0.6) is 0 Å². The Labute approximate surface area is 114 Å². The third-order valence-electron chi connectivity index (χ3n) is 2.69. The molecule has 0 aromatic heterocycles. The fourth-order valence-electron chi connectivity index (χ4n) is 1.71. The molecule has 0 spiro atoms. The van der Waals surface area contributed by atoms with Crippen LogP contribution < -0.4 is 5.73 Å². The van der Waals surface area contributed by atoms with Crippen molar-refractivity contribution in [2.45, 2.75) is 11.4 Å². The Morgan fingerprint density at radius 1 is 1.42 bits per heavy atom. The maximum Gasteiger partial charge on any atom is 0.243 e. The number of methoxy groups -OCH3 is 1. The molecular weight excluding hydrogens is 264 g/mol. The van der Waals surface area contributed by atoms with E-state index in [1.165, 1.54) is 11.4 Å². The zero-order valence-electron chi connectivity index (χ0n) is 11.1. The minimum atomic E-state index is -3.58. The SMILES string of the molecule is C=CCN(CCOC)S(=O)(=O)c1ccccc1CN. The van der Waals surface area contributed by atoms with Gasteiger partial charge >= 0.3 is 0 Å². The highest BCUT2D eigenvalue weighted by Gasteiger charge is 2.25. The third-order valence-corrected chi connectivity index (χ3v) is 4.65. The molecule has 0 saturated heterocycles. The van der Waals surface area contributed by atoms with Crippen LogP contribution in [0, 0.1) is 0 Å². The Morgan fingerprint density at radius 3 is 2.68 bits per heavy atom. The van der Waals surface area contributed by atoms with Gasteiger partial charge < -0.3 is 10.5 Å². The summed E-state index contributed by atoms with van der Waals surface area (Å²) in [6, 6.07) is 6.75. The minimum Gasteiger partial charge on any atom is -0.383 e. The lowest BCUT2D eigenvalue weighted by Gasteiger charge is -2.21. The summed E-state index contributed by atoms with van der Waals surface area (Å²) >= 11 is 0. The van der Waals surface area contributed by atoms with E-state index in [1.807, 2.05) is 0 Å². The number of nitrogens with two attached hydrogens (primary N) is 1. The van der Waals surface area contributed by atoms with Gasteiger partial charge in [-0.05, 0) is 11.6 Å². The number of hydrogen-bond donors (Lipinski definition) is 1. The van der Waals surface area contributed by atoms with Gasteiger partial charge in [0.25, 0.3) is 0 Å². The van der Waals surface area contributed by atoms with Crippen LogP contribution in [-0.2, 0) is 21.3 Å². The smallest absolute Gasteiger partial charge is 0.243 e. The molecule has 0 unspecified atom stereocenters. The third kappa shape index (κ3) is 3.87. The standard InChI is InChI=1S/C13H20N2O3S/c1-3-8-15(9-10-18-2)19(16,17)13-7-5-4-6-12(13)11-14/h3-7H,1,8-11,14H2,2H3. The predicted octanol–water partition coefficient (Wildman–Crippen LogP) is 0.968. The first-order valence-corrected chi connectivity index (χ1v) is 7.40. The molecule has 0 aliphatic heterocycles. The molecule has 19 heavy (non-hydrogen) atoms. The monoisotopic (exact) mass is 284 g/mol. The van der Waals surface area contributed by atoms with Gasteiger partial charge in [-0.15, -0.1) is 6.58 Å². The maximum absolute atomic E-state index is 12.6. The van der Waals surface area contributed by atoms with Crippen LogP contribution in [0.4, 0.5) is 0 Å². The van der Waals surface area contributed by atoms with Gasteiger partial charge in [0.2, 0.25) is 10.0 Å². The topological polar surface area (TPSA) is 72.6 Å². The van der Waals surface area contributed by atoms with Crippen molar-refractivity contribution in [3.05, 3.63) is 42.5 Å². The van der Waals surface area contributed by atoms with Gasteiger partial charge in [-0.1, -0.05) is 24.3 Å². The molecule has 0 aliphatic carbocycles. The van der Waals surface area contributed by atoms with Gasteiger partial charge in [-0.25, -0.2) is 8.42 Å². The largest absolute Gasteiger partial charge is 0.383 e. The van der Waals surface area contributed by atoms with E-state index in [0.29, 0.717) is 12.2 Å². The minimum absolute atomic E-state index is 0.182. The predicted molar refractivity (Wildman–Crippen MR) is 75.2 cm³/mol. The van der Waals surface area contributed by atoms with E-state index < -0.39 is 10.0 Å². The average molecular weight is 284 g/mol. The average Bonchev–Trinajstić information content (AvgIpc) is 2.43. The van der Waals surface area contributed by atoms with Crippen LogP contribution in [0.25, 0.3) is 0 Å². The number of sulfonamides is 1. The molecule has 0 saturated carbocycles. The molecule has 1 aromatic rings. The molecule has 1 aromatic carbocycles. The van der Waals surface area contributed by atoms with Crippen LogP contribution >= 0.6 is 0 Å². The normalized spacial score (nSPS) is 11.7. The second kappa shape index (κ2) is 7.40. The van der Waals surface area contributed by atoms with E-state index in [-0.39, 0.29) is 24.5 Å². The second-order valence-electron chi connectivity index (χ2n) is 3.96. The van der Waals surface area contributed by atoms with Crippen molar-refractivity contribution in [1.82, 2.24) is 4.31 Å². The molecule has 5 nitrogen and oxygen atoms in total. The Balaban J connectivity index is 3.14. The molecule has 0 fully saturated rings. The van der Waals surface area contributed by atoms with Crippen LogP contribution in [0.2, 0.25) is 0 Å². The Morgan fingerprint density at radius 2 is 2.11 bits per heavy atom. The summed E-state index contributed by atoms with van der Waals surface area (Å²) in [6.45, 7) is 4.62. The molecule has 0 radical (unpaired) electrons. The van der Waals surface area contributed by atoms with Gasteiger partial charge in [-0.3, -0.25) is 0 Å². The van der Waals surface area contributed by atoms with E-state index in [1.54, 1.807) is 30.3 Å². The van der Waals surface area contributed by atoms with Gasteiger partial charge in [-0.2, -0.15) is 4.31 Å². The summed E-state index contributed by atoms with van der Waals surface area (Å²) in [6.07, 6.45) is 1.55. The van der Waals surface area contributed by atoms with Gasteiger partial charge in [0.05, 0.1) is 11.5 Å². The first kappa shape index (κ1) is 15.8. The van der Waals surface area contributed by atoms with E-state index >= 15 is 0 Å². The number of nitrogens with zero attached hydrogens (tertiary/aromatic N) is 1. The molecule has 1 rings (SSSR count). The van der Waals surface area contributed by atoms with Crippen LogP contribution in [0.15, 0.2) is 41.8 Å². The summed E-state index contributed by atoms with van der Waals surface area (Å²) in [7, 11) is -2.04. The molecule has 0 atom stereocenters. The second-order valence-corrected chi connectivity index (χ2v) is 5.86. The lowest BCUT2D eigenvalue weighted by atomic mass is 10.2. The van der Waals surface area contributed by atoms with Crippen molar-refractivity contribution in [3.63, 3.8) is 0 Å². The van der Waals surface area contributed by atoms with Crippen molar-refractivity contribution in [3.8, 4) is 0 Å². The quantitative estimate of drug-likeness (QED) is 0.722. The van der Waals surface area contributed by atoms with E-state index in [4.69, 9.17) is 10.5 Å². The molecule has 2 N–H and O–H groups in total. The number of rotatable bonds is 8. The number of benzene rings is 1. The van der Waals surface area contributed by atoms with Crippen LogP contribution in [0.1, 0.15) is 5.56 Å². The summed E-state index contributed by atoms with van der Waals surface area (Å²) in [5, 5.41) is 0. The first-order valence-electron chi connectivity index (χ1n) is 5.96. The summed E-state index contributed by atoms with van der Waals surface area (Å²) in [5.41, 5.74) is 6.20. The zero-order valence-corrected chi connectivity index (χ0v) is 11.9. The zero-order chi connectivity index (χ0) is 14.3. The Kier molecular flexibility index (Phi) is 6.17. The molecule has 6 heteroatoms. The van der Waals surface area contributed by atoms with Gasteiger partial charge in [0.15, 0.2) is 0 Å². The lowest BCUT2D eigenvalue weighted by molar-refractivity contribution is 0.182. The highest BCUT2D eigenvalue weighted by molar-refractivity contribution is 7.89. The van der Waals surface area contributed by atoms with Crippen molar-refractivity contribution in [1.29, 1.82) is 0 Å². The lowest BCUT2D eigenvalue weighted by Crippen LogP contribution is -2.34. The number of hydrogen-bond acceptors (Lipinski definition) is 4. The fraction of sp³-hybridized carbons (Fsp3) is 0.385. The van der Waals surface area contributed by atoms with Crippen molar-refractivity contribution in [2.75, 3.05) is 26.8 Å². The van der Waals surface area contributed by atoms with Gasteiger partial charge in [0, 0.05) is 26.7 Å². The molecule has 106 valence electrons. The highest BCUT2D eigenvalue weighted by Crippen LogP contribution is 2.19. The molecular formula is C13H20N2O3S. The van der Waals surface area contributed by atoms with E-state index in [9.17, 15) is 8.42 Å². The summed E-state index contributed by atoms with van der Waals surface area (Å²) < 4.78 is 31.4. The Bertz CT molecular complexity index is 514. The first-order chi connectivity index (χ1) is 9.07. The Hall–Kier alpha value is -1.21. The molecule has 0 bridgehead atoms. The molecule has 0 heterocycles. The summed E-state index contributed by atoms with van der Waals surface area (Å²) in [4.78, 5) is 0.246. The van der Waals surface area contributed by atoms with E-state index in [2.05, 4.69) is 6.58 Å². The highest BCUT2D eigenvalue weighted by atomic mass is 32.2. The molecule has 0 amide bonds. The van der Waals surface area contributed by atoms with Crippen molar-refractivity contribution < 1.29 is 13.2 Å². The van der Waals surface area contributed by atoms with Crippen LogP contribution in [-0.4, -0.2) is 39.5 Å². The van der Waals surface area contributed by atoms with Crippen LogP contribution in [0.3, 0.4) is 0 Å². The van der Waals surface area contributed by atoms with Gasteiger partial charge in [0.1, 0.15) is 0 Å². The number of ether oxygens (including phenoxy) is 1. The maximum atomic E-state index is 12.6.